The summed E-state index contributed by atoms with van der Waals surface area (Å²) in [5, 5.41) is 3.97. The average molecular weight is 404 g/mol. The molecule has 0 saturated heterocycles. The van der Waals surface area contributed by atoms with Gasteiger partial charge in [-0.3, -0.25) is 9.78 Å². The molecule has 0 bridgehead atoms. The second kappa shape index (κ2) is 9.30. The van der Waals surface area contributed by atoms with Gasteiger partial charge >= 0.3 is 0 Å². The summed E-state index contributed by atoms with van der Waals surface area (Å²) in [4.78, 5) is 20.8. The highest BCUT2D eigenvalue weighted by molar-refractivity contribution is 7.18. The Balaban J connectivity index is 1.21. The standard InChI is InChI=1S/C23H21N3O2S/c27-22(11-12-23-26-20-5-1-2-6-21(20)29-23)25-15-17-7-9-19(10-8-17)28-16-18-4-3-13-24-14-18/h1-10,13-14H,11-12,15-16H2,(H,25,27). The predicted molar refractivity (Wildman–Crippen MR) is 115 cm³/mol. The first kappa shape index (κ1) is 19.1. The molecule has 0 aliphatic rings. The Bertz CT molecular complexity index is 1050. The number of ether oxygens (including phenoxy) is 1. The minimum Gasteiger partial charge on any atom is -0.489 e. The van der Waals surface area contributed by atoms with Gasteiger partial charge in [0.2, 0.25) is 5.91 Å². The monoisotopic (exact) mass is 403 g/mol. The van der Waals surface area contributed by atoms with Crippen LogP contribution in [0, 0.1) is 0 Å². The summed E-state index contributed by atoms with van der Waals surface area (Å²) in [6, 6.07) is 19.7. The van der Waals surface area contributed by atoms with Crippen molar-refractivity contribution < 1.29 is 9.53 Å². The Morgan fingerprint density at radius 1 is 1.00 bits per heavy atom. The van der Waals surface area contributed by atoms with Crippen molar-refractivity contribution in [2.45, 2.75) is 26.0 Å². The van der Waals surface area contributed by atoms with Crippen LogP contribution in [0.3, 0.4) is 0 Å². The van der Waals surface area contributed by atoms with E-state index in [0.717, 1.165) is 32.1 Å². The van der Waals surface area contributed by atoms with Crippen LogP contribution in [0.25, 0.3) is 10.2 Å². The number of benzene rings is 2. The molecule has 5 nitrogen and oxygen atoms in total. The summed E-state index contributed by atoms with van der Waals surface area (Å²) in [7, 11) is 0. The lowest BCUT2D eigenvalue weighted by atomic mass is 10.2. The van der Waals surface area contributed by atoms with Gasteiger partial charge in [-0.2, -0.15) is 0 Å². The maximum absolute atomic E-state index is 12.2. The van der Waals surface area contributed by atoms with Gasteiger partial charge in [-0.15, -0.1) is 11.3 Å². The van der Waals surface area contributed by atoms with Crippen molar-refractivity contribution in [3.05, 3.63) is 89.2 Å². The van der Waals surface area contributed by atoms with Crippen LogP contribution in [0.1, 0.15) is 22.6 Å². The van der Waals surface area contributed by atoms with Gasteiger partial charge in [0.15, 0.2) is 0 Å². The number of nitrogens with zero attached hydrogens (tertiary/aromatic N) is 2. The Morgan fingerprint density at radius 2 is 1.86 bits per heavy atom. The van der Waals surface area contributed by atoms with Crippen LogP contribution in [0.4, 0.5) is 0 Å². The second-order valence-corrected chi connectivity index (χ2v) is 7.76. The van der Waals surface area contributed by atoms with E-state index in [1.54, 1.807) is 23.7 Å². The molecule has 1 N–H and O–H groups in total. The summed E-state index contributed by atoms with van der Waals surface area (Å²) < 4.78 is 6.91. The highest BCUT2D eigenvalue weighted by Crippen LogP contribution is 2.22. The molecule has 1 amide bonds. The number of carbonyl (C=O) groups is 1. The Morgan fingerprint density at radius 3 is 2.66 bits per heavy atom. The van der Waals surface area contributed by atoms with Gasteiger partial charge in [0.05, 0.1) is 15.2 Å². The minimum atomic E-state index is 0.0289. The zero-order chi connectivity index (χ0) is 19.9. The zero-order valence-corrected chi connectivity index (χ0v) is 16.7. The predicted octanol–water partition coefficient (Wildman–Crippen LogP) is 4.52. The quantitative estimate of drug-likeness (QED) is 0.470. The maximum Gasteiger partial charge on any atom is 0.220 e. The third kappa shape index (κ3) is 5.39. The molecule has 0 aliphatic heterocycles. The van der Waals surface area contributed by atoms with Crippen molar-refractivity contribution in [3.63, 3.8) is 0 Å². The third-order valence-corrected chi connectivity index (χ3v) is 5.54. The molecule has 2 aromatic carbocycles. The fraction of sp³-hybridized carbons (Fsp3) is 0.174. The summed E-state index contributed by atoms with van der Waals surface area (Å²) >= 11 is 1.65. The average Bonchev–Trinajstić information content (AvgIpc) is 3.19. The normalized spacial score (nSPS) is 10.8. The van der Waals surface area contributed by atoms with Crippen molar-refractivity contribution in [3.8, 4) is 5.75 Å². The summed E-state index contributed by atoms with van der Waals surface area (Å²) in [5.74, 6) is 0.820. The van der Waals surface area contributed by atoms with E-state index in [1.807, 2.05) is 54.6 Å². The van der Waals surface area contributed by atoms with Crippen LogP contribution in [-0.4, -0.2) is 15.9 Å². The Hall–Kier alpha value is -3.25. The molecule has 4 rings (SSSR count). The maximum atomic E-state index is 12.2. The van der Waals surface area contributed by atoms with Gasteiger partial charge in [-0.1, -0.05) is 30.3 Å². The van der Waals surface area contributed by atoms with Crippen molar-refractivity contribution in [2.75, 3.05) is 0 Å². The van der Waals surface area contributed by atoms with Gasteiger partial charge in [0.25, 0.3) is 0 Å². The highest BCUT2D eigenvalue weighted by atomic mass is 32.1. The van der Waals surface area contributed by atoms with Crippen molar-refractivity contribution in [1.29, 1.82) is 0 Å². The number of aromatic nitrogens is 2. The van der Waals surface area contributed by atoms with E-state index < -0.39 is 0 Å². The van der Waals surface area contributed by atoms with E-state index in [-0.39, 0.29) is 5.91 Å². The molecule has 0 atom stereocenters. The number of carbonyl (C=O) groups excluding carboxylic acids is 1. The van der Waals surface area contributed by atoms with Crippen molar-refractivity contribution in [2.24, 2.45) is 0 Å². The number of aryl methyl sites for hydroxylation is 1. The molecule has 0 saturated carbocycles. The fourth-order valence-electron chi connectivity index (χ4n) is 2.89. The first-order chi connectivity index (χ1) is 14.3. The molecule has 29 heavy (non-hydrogen) atoms. The van der Waals surface area contributed by atoms with E-state index in [4.69, 9.17) is 4.74 Å². The molecule has 0 spiro atoms. The molecule has 146 valence electrons. The van der Waals surface area contributed by atoms with Gasteiger partial charge in [-0.05, 0) is 35.9 Å². The molecule has 0 radical (unpaired) electrons. The first-order valence-electron chi connectivity index (χ1n) is 9.48. The molecular formula is C23H21N3O2S. The second-order valence-electron chi connectivity index (χ2n) is 6.65. The topological polar surface area (TPSA) is 64.1 Å². The lowest BCUT2D eigenvalue weighted by Gasteiger charge is -2.08. The molecule has 2 heterocycles. The molecule has 0 unspecified atom stereocenters. The zero-order valence-electron chi connectivity index (χ0n) is 15.9. The molecule has 0 fully saturated rings. The number of amides is 1. The summed E-state index contributed by atoms with van der Waals surface area (Å²) in [6.45, 7) is 0.983. The Labute approximate surface area is 173 Å². The van der Waals surface area contributed by atoms with E-state index in [1.165, 1.54) is 0 Å². The fourth-order valence-corrected chi connectivity index (χ4v) is 3.86. The number of pyridine rings is 1. The van der Waals surface area contributed by atoms with E-state index in [2.05, 4.69) is 21.4 Å². The SMILES string of the molecule is O=C(CCc1nc2ccccc2s1)NCc1ccc(OCc2cccnc2)cc1. The molecular weight excluding hydrogens is 382 g/mol. The van der Waals surface area contributed by atoms with Gasteiger partial charge in [-0.25, -0.2) is 4.98 Å². The number of para-hydroxylation sites is 1. The van der Waals surface area contributed by atoms with Gasteiger partial charge < -0.3 is 10.1 Å². The lowest BCUT2D eigenvalue weighted by Crippen LogP contribution is -2.22. The van der Waals surface area contributed by atoms with E-state index >= 15 is 0 Å². The number of nitrogens with one attached hydrogen (secondary N) is 1. The van der Waals surface area contributed by atoms with Crippen LogP contribution in [0.5, 0.6) is 5.75 Å². The van der Waals surface area contributed by atoms with Crippen LogP contribution in [-0.2, 0) is 24.4 Å². The van der Waals surface area contributed by atoms with Crippen molar-refractivity contribution >= 4 is 27.5 Å². The lowest BCUT2D eigenvalue weighted by molar-refractivity contribution is -0.121. The number of rotatable bonds is 8. The summed E-state index contributed by atoms with van der Waals surface area (Å²) in [5.41, 5.74) is 3.06. The molecule has 0 aliphatic carbocycles. The van der Waals surface area contributed by atoms with E-state index in [0.29, 0.717) is 26.0 Å². The highest BCUT2D eigenvalue weighted by Gasteiger charge is 2.07. The van der Waals surface area contributed by atoms with Crippen molar-refractivity contribution in [1.82, 2.24) is 15.3 Å². The van der Waals surface area contributed by atoms with Crippen LogP contribution in [0.15, 0.2) is 73.1 Å². The summed E-state index contributed by atoms with van der Waals surface area (Å²) in [6.07, 6.45) is 4.63. The number of thiazole rings is 1. The first-order valence-corrected chi connectivity index (χ1v) is 10.3. The number of hydrogen-bond acceptors (Lipinski definition) is 5. The van der Waals surface area contributed by atoms with Crippen LogP contribution >= 0.6 is 11.3 Å². The molecule has 6 heteroatoms. The number of hydrogen-bond donors (Lipinski definition) is 1. The van der Waals surface area contributed by atoms with E-state index in [9.17, 15) is 4.79 Å². The largest absolute Gasteiger partial charge is 0.489 e. The molecule has 2 aromatic heterocycles. The van der Waals surface area contributed by atoms with Crippen LogP contribution in [0.2, 0.25) is 0 Å². The minimum absolute atomic E-state index is 0.0289. The number of fused-ring (bicyclic) bond motifs is 1. The van der Waals surface area contributed by atoms with Gasteiger partial charge in [0.1, 0.15) is 12.4 Å². The third-order valence-electron chi connectivity index (χ3n) is 4.45. The van der Waals surface area contributed by atoms with Gasteiger partial charge in [0, 0.05) is 37.3 Å². The molecule has 4 aromatic rings. The smallest absolute Gasteiger partial charge is 0.220 e. The van der Waals surface area contributed by atoms with Crippen LogP contribution < -0.4 is 10.1 Å². The Kier molecular flexibility index (Phi) is 6.12.